The second-order valence-corrected chi connectivity index (χ2v) is 5.39. The maximum Gasteiger partial charge on any atom is 0.503 e. The first-order chi connectivity index (χ1) is 8.50. The number of hydrogen-bond donors (Lipinski definition) is 2. The minimum Gasteiger partial charge on any atom is -0.450 e. The molecule has 0 amide bonds. The largest absolute Gasteiger partial charge is 0.503 e. The molecule has 0 saturated heterocycles. The molecule has 0 aliphatic carbocycles. The number of rotatable bonds is 2. The molecule has 1 aliphatic heterocycles. The third-order valence-corrected chi connectivity index (χ3v) is 4.21. The van der Waals surface area contributed by atoms with Crippen LogP contribution in [-0.2, 0) is 0 Å². The highest BCUT2D eigenvalue weighted by Crippen LogP contribution is 2.45. The van der Waals surface area contributed by atoms with E-state index >= 15 is 0 Å². The number of nitro groups is 1. The van der Waals surface area contributed by atoms with Crippen LogP contribution in [0.15, 0.2) is 35.7 Å². The molecular weight excluding hydrogens is 278 g/mol. The average molecular weight is 287 g/mol. The Balaban J connectivity index is 0.000000357. The minimum atomic E-state index is -1.83. The van der Waals surface area contributed by atoms with E-state index in [-0.39, 0.29) is 10.6 Å². The zero-order chi connectivity index (χ0) is 13.5. The Kier molecular flexibility index (Phi) is 5.53. The molecule has 0 saturated carbocycles. The zero-order valence-electron chi connectivity index (χ0n) is 8.92. The number of nitro benzene ring substituents is 1. The van der Waals surface area contributed by atoms with Gasteiger partial charge in [-0.25, -0.2) is 4.79 Å². The van der Waals surface area contributed by atoms with Gasteiger partial charge in [-0.05, 0) is 11.0 Å². The molecule has 6 nitrogen and oxygen atoms in total. The maximum absolute atomic E-state index is 10.4. The van der Waals surface area contributed by atoms with E-state index in [2.05, 4.69) is 6.08 Å². The lowest BCUT2D eigenvalue weighted by molar-refractivity contribution is -0.384. The molecule has 8 heteroatoms. The minimum absolute atomic E-state index is 0.147. The van der Waals surface area contributed by atoms with Gasteiger partial charge in [0.1, 0.15) is 0 Å². The predicted octanol–water partition coefficient (Wildman–Crippen LogP) is 3.77. The molecule has 0 bridgehead atoms. The number of carboxylic acid groups (broad SMARTS) is 2. The summed E-state index contributed by atoms with van der Waals surface area (Å²) in [4.78, 5) is 18.6. The van der Waals surface area contributed by atoms with Crippen molar-refractivity contribution in [2.75, 3.05) is 0 Å². The molecule has 1 unspecified atom stereocenters. The summed E-state index contributed by atoms with van der Waals surface area (Å²) in [6.07, 6.45) is 0.260. The van der Waals surface area contributed by atoms with E-state index in [4.69, 9.17) is 15.0 Å². The Hall–Kier alpha value is -1.67. The third-order valence-electron chi connectivity index (χ3n) is 1.90. The Morgan fingerprint density at radius 3 is 2.22 bits per heavy atom. The zero-order valence-corrected chi connectivity index (χ0v) is 10.6. The van der Waals surface area contributed by atoms with Gasteiger partial charge in [-0.1, -0.05) is 39.8 Å². The Morgan fingerprint density at radius 1 is 1.28 bits per heavy atom. The molecule has 1 aromatic rings. The highest BCUT2D eigenvalue weighted by atomic mass is 33.1. The van der Waals surface area contributed by atoms with Gasteiger partial charge in [-0.2, -0.15) is 0 Å². The number of nitrogens with zero attached hydrogens (tertiary/aromatic N) is 1. The molecule has 96 valence electrons. The monoisotopic (exact) mass is 287 g/mol. The topological polar surface area (TPSA) is 101 Å². The van der Waals surface area contributed by atoms with E-state index in [9.17, 15) is 10.1 Å². The van der Waals surface area contributed by atoms with E-state index in [1.54, 1.807) is 33.7 Å². The van der Waals surface area contributed by atoms with Crippen molar-refractivity contribution < 1.29 is 19.9 Å². The maximum atomic E-state index is 10.4. The summed E-state index contributed by atoms with van der Waals surface area (Å²) in [6.45, 7) is 0. The summed E-state index contributed by atoms with van der Waals surface area (Å²) in [5, 5.41) is 26.7. The fraction of sp³-hybridized carbons (Fsp3) is 0.100. The molecule has 18 heavy (non-hydrogen) atoms. The Morgan fingerprint density at radius 2 is 1.83 bits per heavy atom. The first kappa shape index (κ1) is 14.4. The SMILES string of the molecule is O=C(O)O.O=[N+]([O-])c1ccc(C2C=CSS2)cc1. The van der Waals surface area contributed by atoms with Gasteiger partial charge in [0, 0.05) is 12.1 Å². The first-order valence-electron chi connectivity index (χ1n) is 4.65. The summed E-state index contributed by atoms with van der Waals surface area (Å²) in [7, 11) is 3.44. The molecule has 1 aromatic carbocycles. The van der Waals surface area contributed by atoms with E-state index in [0.29, 0.717) is 5.25 Å². The van der Waals surface area contributed by atoms with Crippen molar-refractivity contribution >= 4 is 33.4 Å². The van der Waals surface area contributed by atoms with Crippen LogP contribution >= 0.6 is 21.6 Å². The van der Waals surface area contributed by atoms with Crippen molar-refractivity contribution in [1.82, 2.24) is 0 Å². The summed E-state index contributed by atoms with van der Waals surface area (Å²) < 4.78 is 0. The van der Waals surface area contributed by atoms with Crippen molar-refractivity contribution in [3.05, 3.63) is 51.4 Å². The average Bonchev–Trinajstić information content (AvgIpc) is 2.81. The molecule has 2 rings (SSSR count). The van der Waals surface area contributed by atoms with E-state index in [1.807, 2.05) is 17.5 Å². The molecule has 0 fully saturated rings. The van der Waals surface area contributed by atoms with E-state index in [1.165, 1.54) is 0 Å². The molecular formula is C10H9NO5S2. The quantitative estimate of drug-likeness (QED) is 0.485. The van der Waals surface area contributed by atoms with E-state index < -0.39 is 6.16 Å². The van der Waals surface area contributed by atoms with Crippen LogP contribution in [0.4, 0.5) is 10.5 Å². The standard InChI is InChI=1S/C9H7NO2S2.CH2O3/c11-10(12)8-3-1-7(2-4-8)9-5-6-13-14-9;2-1(3)4/h1-6,9H;(H2,2,3,4). The van der Waals surface area contributed by atoms with Crippen LogP contribution in [0.5, 0.6) is 0 Å². The van der Waals surface area contributed by atoms with Gasteiger partial charge in [0.2, 0.25) is 0 Å². The van der Waals surface area contributed by atoms with Crippen LogP contribution in [0.25, 0.3) is 0 Å². The van der Waals surface area contributed by atoms with Crippen LogP contribution in [0.3, 0.4) is 0 Å². The molecule has 1 aliphatic rings. The lowest BCUT2D eigenvalue weighted by atomic mass is 10.1. The highest BCUT2D eigenvalue weighted by Gasteiger charge is 2.14. The van der Waals surface area contributed by atoms with Crippen LogP contribution in [0, 0.1) is 10.1 Å². The van der Waals surface area contributed by atoms with Crippen LogP contribution < -0.4 is 0 Å². The van der Waals surface area contributed by atoms with Crippen LogP contribution in [-0.4, -0.2) is 21.3 Å². The smallest absolute Gasteiger partial charge is 0.450 e. The van der Waals surface area contributed by atoms with Gasteiger partial charge < -0.3 is 10.2 Å². The lowest BCUT2D eigenvalue weighted by Gasteiger charge is -2.05. The number of hydrogen-bond acceptors (Lipinski definition) is 5. The van der Waals surface area contributed by atoms with Crippen LogP contribution in [0.2, 0.25) is 0 Å². The van der Waals surface area contributed by atoms with Gasteiger partial charge in [-0.15, -0.1) is 0 Å². The molecule has 1 heterocycles. The van der Waals surface area contributed by atoms with Crippen molar-refractivity contribution in [3.63, 3.8) is 0 Å². The van der Waals surface area contributed by atoms with Gasteiger partial charge in [0.15, 0.2) is 0 Å². The summed E-state index contributed by atoms with van der Waals surface area (Å²) in [5.74, 6) is 0. The number of benzene rings is 1. The van der Waals surface area contributed by atoms with Gasteiger partial charge >= 0.3 is 6.16 Å². The summed E-state index contributed by atoms with van der Waals surface area (Å²) in [6, 6.07) is 6.72. The molecule has 0 spiro atoms. The first-order valence-corrected chi connectivity index (χ1v) is 6.93. The Bertz CT molecular complexity index is 456. The lowest BCUT2D eigenvalue weighted by Crippen LogP contribution is -1.90. The Labute approximate surface area is 110 Å². The van der Waals surface area contributed by atoms with Crippen molar-refractivity contribution in [2.24, 2.45) is 0 Å². The molecule has 2 N–H and O–H groups in total. The van der Waals surface area contributed by atoms with Gasteiger partial charge in [0.05, 0.1) is 10.2 Å². The summed E-state index contributed by atoms with van der Waals surface area (Å²) in [5.41, 5.74) is 1.26. The van der Waals surface area contributed by atoms with Crippen molar-refractivity contribution in [3.8, 4) is 0 Å². The second kappa shape index (κ2) is 6.92. The second-order valence-electron chi connectivity index (χ2n) is 3.07. The van der Waals surface area contributed by atoms with Gasteiger partial charge in [0.25, 0.3) is 5.69 Å². The highest BCUT2D eigenvalue weighted by molar-refractivity contribution is 8.78. The predicted molar refractivity (Wildman–Crippen MR) is 70.8 cm³/mol. The summed E-state index contributed by atoms with van der Waals surface area (Å²) >= 11 is 0. The normalized spacial score (nSPS) is 16.8. The number of carbonyl (C=O) groups is 1. The van der Waals surface area contributed by atoms with Gasteiger partial charge in [-0.3, -0.25) is 10.1 Å². The molecule has 0 radical (unpaired) electrons. The molecule has 1 atom stereocenters. The number of non-ortho nitro benzene ring substituents is 1. The fourth-order valence-corrected chi connectivity index (χ4v) is 3.37. The van der Waals surface area contributed by atoms with Crippen LogP contribution in [0.1, 0.15) is 10.8 Å². The van der Waals surface area contributed by atoms with Crippen molar-refractivity contribution in [2.45, 2.75) is 5.25 Å². The third kappa shape index (κ3) is 4.68. The van der Waals surface area contributed by atoms with Crippen molar-refractivity contribution in [1.29, 1.82) is 0 Å². The molecule has 0 aromatic heterocycles. The van der Waals surface area contributed by atoms with E-state index in [0.717, 1.165) is 5.56 Å². The fourth-order valence-electron chi connectivity index (χ4n) is 1.18.